The van der Waals surface area contributed by atoms with Crippen LogP contribution in [0.3, 0.4) is 0 Å². The zero-order valence-electron chi connectivity index (χ0n) is 15.1. The molecule has 2 heterocycles. The van der Waals surface area contributed by atoms with E-state index in [1.165, 1.54) is 5.56 Å². The number of rotatable bonds is 6. The topological polar surface area (TPSA) is 35.9 Å². The van der Waals surface area contributed by atoms with E-state index in [4.69, 9.17) is 5.10 Å². The van der Waals surface area contributed by atoms with Crippen LogP contribution in [-0.4, -0.2) is 41.2 Å². The van der Waals surface area contributed by atoms with Crippen molar-refractivity contribution in [3.63, 3.8) is 0 Å². The molecule has 0 saturated carbocycles. The number of thiophene rings is 1. The quantitative estimate of drug-likeness (QED) is 0.783. The number of carbonyl (C=O) groups is 1. The molecule has 1 atom stereocenters. The molecule has 0 radical (unpaired) electrons. The Hall–Kier alpha value is -1.98. The van der Waals surface area contributed by atoms with Crippen molar-refractivity contribution in [1.82, 2.24) is 9.91 Å². The Morgan fingerprint density at radius 3 is 2.56 bits per heavy atom. The average molecular weight is 356 g/mol. The number of aryl methyl sites for hydroxylation is 1. The number of hydrazone groups is 1. The van der Waals surface area contributed by atoms with Gasteiger partial charge >= 0.3 is 0 Å². The summed E-state index contributed by atoms with van der Waals surface area (Å²) >= 11 is 1.68. The molecule has 3 rings (SSSR count). The smallest absolute Gasteiger partial charge is 0.257 e. The lowest BCUT2D eigenvalue weighted by atomic mass is 10.00. The Morgan fingerprint density at radius 1 is 1.24 bits per heavy atom. The highest BCUT2D eigenvalue weighted by Gasteiger charge is 2.33. The van der Waals surface area contributed by atoms with Gasteiger partial charge in [-0.15, -0.1) is 11.3 Å². The van der Waals surface area contributed by atoms with Crippen LogP contribution >= 0.6 is 11.3 Å². The van der Waals surface area contributed by atoms with Crippen molar-refractivity contribution in [2.45, 2.75) is 33.2 Å². The fraction of sp³-hybridized carbons (Fsp3) is 0.400. The van der Waals surface area contributed by atoms with Crippen LogP contribution in [0.25, 0.3) is 0 Å². The van der Waals surface area contributed by atoms with Crippen LogP contribution in [0.2, 0.25) is 0 Å². The molecule has 0 unspecified atom stereocenters. The molecule has 1 amide bonds. The molecule has 132 valence electrons. The standard InChI is InChI=1S/C20H25N3OS/c1-4-22(5-2)14-20(24)23-18(16-10-8-15(3)9-11-16)13-17(21-23)19-7-6-12-25-19/h6-12,18H,4-5,13-14H2,1-3H3/t18-/m0/s1. The van der Waals surface area contributed by atoms with E-state index in [1.54, 1.807) is 16.3 Å². The molecule has 1 aliphatic heterocycles. The Morgan fingerprint density at radius 2 is 1.96 bits per heavy atom. The molecule has 1 aliphatic rings. The number of amides is 1. The van der Waals surface area contributed by atoms with E-state index in [0.717, 1.165) is 35.7 Å². The molecule has 0 N–H and O–H groups in total. The van der Waals surface area contributed by atoms with Gasteiger partial charge in [0.1, 0.15) is 0 Å². The first-order valence-corrected chi connectivity index (χ1v) is 9.72. The molecule has 0 bridgehead atoms. The predicted octanol–water partition coefficient (Wildman–Crippen LogP) is 4.08. The molecule has 0 spiro atoms. The van der Waals surface area contributed by atoms with Crippen molar-refractivity contribution >= 4 is 23.0 Å². The second-order valence-electron chi connectivity index (χ2n) is 6.35. The number of carbonyl (C=O) groups excluding carboxylic acids is 1. The first-order valence-electron chi connectivity index (χ1n) is 8.84. The van der Waals surface area contributed by atoms with E-state index in [-0.39, 0.29) is 11.9 Å². The Labute approximate surface area is 153 Å². The summed E-state index contributed by atoms with van der Waals surface area (Å²) in [5.74, 6) is 0.0702. The summed E-state index contributed by atoms with van der Waals surface area (Å²) in [6.45, 7) is 8.39. The third-order valence-corrected chi connectivity index (χ3v) is 5.61. The summed E-state index contributed by atoms with van der Waals surface area (Å²) in [6, 6.07) is 12.5. The van der Waals surface area contributed by atoms with Crippen LogP contribution in [0.1, 0.15) is 42.3 Å². The zero-order chi connectivity index (χ0) is 17.8. The minimum Gasteiger partial charge on any atom is -0.295 e. The number of likely N-dealkylation sites (N-methyl/N-ethyl adjacent to an activating group) is 1. The molecule has 5 heteroatoms. The van der Waals surface area contributed by atoms with E-state index in [2.05, 4.69) is 61.4 Å². The molecule has 25 heavy (non-hydrogen) atoms. The van der Waals surface area contributed by atoms with Gasteiger partial charge in [0.15, 0.2) is 0 Å². The van der Waals surface area contributed by atoms with E-state index in [0.29, 0.717) is 6.54 Å². The van der Waals surface area contributed by atoms with Crippen molar-refractivity contribution in [3.05, 3.63) is 57.8 Å². The minimum atomic E-state index is -0.0132. The Kier molecular flexibility index (Phi) is 5.66. The van der Waals surface area contributed by atoms with Crippen LogP contribution in [0.5, 0.6) is 0 Å². The number of benzene rings is 1. The van der Waals surface area contributed by atoms with E-state index in [1.807, 2.05) is 6.07 Å². The zero-order valence-corrected chi connectivity index (χ0v) is 15.9. The van der Waals surface area contributed by atoms with Crippen LogP contribution in [-0.2, 0) is 4.79 Å². The number of hydrogen-bond donors (Lipinski definition) is 0. The summed E-state index contributed by atoms with van der Waals surface area (Å²) < 4.78 is 0. The summed E-state index contributed by atoms with van der Waals surface area (Å²) in [6.07, 6.45) is 0.771. The van der Waals surface area contributed by atoms with Crippen molar-refractivity contribution in [2.24, 2.45) is 5.10 Å². The van der Waals surface area contributed by atoms with Gasteiger partial charge in [-0.05, 0) is 37.0 Å². The highest BCUT2D eigenvalue weighted by molar-refractivity contribution is 7.12. The van der Waals surface area contributed by atoms with Crippen LogP contribution < -0.4 is 0 Å². The third-order valence-electron chi connectivity index (χ3n) is 4.69. The van der Waals surface area contributed by atoms with Gasteiger partial charge in [0.2, 0.25) is 0 Å². The molecule has 0 saturated heterocycles. The molecule has 0 fully saturated rings. The maximum Gasteiger partial charge on any atom is 0.257 e. The maximum absolute atomic E-state index is 12.9. The number of hydrogen-bond acceptors (Lipinski definition) is 4. The van der Waals surface area contributed by atoms with Crippen molar-refractivity contribution in [2.75, 3.05) is 19.6 Å². The van der Waals surface area contributed by atoms with Gasteiger partial charge < -0.3 is 0 Å². The summed E-state index contributed by atoms with van der Waals surface area (Å²) in [4.78, 5) is 16.2. The minimum absolute atomic E-state index is 0.0132. The van der Waals surface area contributed by atoms with E-state index in [9.17, 15) is 4.79 Å². The third kappa shape index (κ3) is 3.99. The lowest BCUT2D eigenvalue weighted by Crippen LogP contribution is -2.38. The SMILES string of the molecule is CCN(CC)CC(=O)N1N=C(c2cccs2)C[C@H]1c1ccc(C)cc1. The van der Waals surface area contributed by atoms with E-state index >= 15 is 0 Å². The molecule has 2 aromatic rings. The molecular formula is C20H25N3OS. The normalized spacial score (nSPS) is 17.2. The molecule has 4 nitrogen and oxygen atoms in total. The first-order chi connectivity index (χ1) is 12.1. The van der Waals surface area contributed by atoms with Crippen LogP contribution in [0, 0.1) is 6.92 Å². The van der Waals surface area contributed by atoms with Crippen molar-refractivity contribution in [3.8, 4) is 0 Å². The molecule has 1 aromatic carbocycles. The Balaban J connectivity index is 1.87. The second kappa shape index (κ2) is 7.93. The van der Waals surface area contributed by atoms with Gasteiger partial charge in [-0.25, -0.2) is 5.01 Å². The van der Waals surface area contributed by atoms with Gasteiger partial charge in [-0.1, -0.05) is 49.7 Å². The highest BCUT2D eigenvalue weighted by atomic mass is 32.1. The maximum atomic E-state index is 12.9. The summed E-state index contributed by atoms with van der Waals surface area (Å²) in [5, 5.41) is 8.48. The highest BCUT2D eigenvalue weighted by Crippen LogP contribution is 2.34. The number of nitrogens with zero attached hydrogens (tertiary/aromatic N) is 3. The fourth-order valence-electron chi connectivity index (χ4n) is 3.09. The van der Waals surface area contributed by atoms with E-state index < -0.39 is 0 Å². The predicted molar refractivity (Wildman–Crippen MR) is 104 cm³/mol. The van der Waals surface area contributed by atoms with Gasteiger partial charge in [0.25, 0.3) is 5.91 Å². The Bertz CT molecular complexity index is 733. The molecular weight excluding hydrogens is 330 g/mol. The summed E-state index contributed by atoms with van der Waals surface area (Å²) in [5.41, 5.74) is 3.38. The van der Waals surface area contributed by atoms with Crippen LogP contribution in [0.15, 0.2) is 46.9 Å². The lowest BCUT2D eigenvalue weighted by Gasteiger charge is -2.25. The van der Waals surface area contributed by atoms with Crippen molar-refractivity contribution in [1.29, 1.82) is 0 Å². The van der Waals surface area contributed by atoms with Crippen LogP contribution in [0.4, 0.5) is 0 Å². The molecule has 0 aliphatic carbocycles. The first kappa shape index (κ1) is 17.8. The lowest BCUT2D eigenvalue weighted by molar-refractivity contribution is -0.134. The van der Waals surface area contributed by atoms with Gasteiger partial charge in [-0.2, -0.15) is 5.10 Å². The van der Waals surface area contributed by atoms with Gasteiger partial charge in [0.05, 0.1) is 23.2 Å². The monoisotopic (exact) mass is 355 g/mol. The van der Waals surface area contributed by atoms with Gasteiger partial charge in [-0.3, -0.25) is 9.69 Å². The average Bonchev–Trinajstić information content (AvgIpc) is 3.29. The second-order valence-corrected chi connectivity index (χ2v) is 7.30. The van der Waals surface area contributed by atoms with Gasteiger partial charge in [0, 0.05) is 6.42 Å². The fourth-order valence-corrected chi connectivity index (χ4v) is 3.81. The molecule has 1 aromatic heterocycles. The summed E-state index contributed by atoms with van der Waals surface area (Å²) in [7, 11) is 0. The largest absolute Gasteiger partial charge is 0.295 e. The van der Waals surface area contributed by atoms with Crippen molar-refractivity contribution < 1.29 is 4.79 Å².